The summed E-state index contributed by atoms with van der Waals surface area (Å²) in [5, 5.41) is 37.4. The fourth-order valence-corrected chi connectivity index (χ4v) is 7.20. The number of esters is 2. The Morgan fingerprint density at radius 3 is 1.38 bits per heavy atom. The van der Waals surface area contributed by atoms with Crippen LogP contribution in [0.15, 0.2) is 82.8 Å². The molecule has 230 valence electrons. The normalized spacial score (nSPS) is 15.2. The number of nitrogens with zero attached hydrogens (tertiary/aromatic N) is 8. The fraction of sp³-hybridized carbons (Fsp3) is 0.118. The number of ether oxygens (including phenoxy) is 2. The molecule has 14 heteroatoms. The monoisotopic (exact) mass is 666 g/mol. The van der Waals surface area contributed by atoms with Crippen LogP contribution in [0.4, 0.5) is 10.3 Å². The highest BCUT2D eigenvalue weighted by Gasteiger charge is 2.42. The van der Waals surface area contributed by atoms with Gasteiger partial charge in [0, 0.05) is 21.6 Å². The second kappa shape index (κ2) is 13.8. The van der Waals surface area contributed by atoms with Crippen LogP contribution in [0.2, 0.25) is 0 Å². The standard InChI is InChI=1S/C34H18N8O4S2/c35-13-21(14-36)39-33-41-27-25(31(43)45-17-19-7-3-1-4-8-19)11-23-24(29(27)47-33)12-26(32(44)46-18-20-9-5-2-6-10-20)28-30(23)48-34(42-28)40-22(15-37)16-38/h1-12,23-24H,17-18H2. The number of benzene rings is 2. The van der Waals surface area contributed by atoms with Crippen LogP contribution in [-0.4, -0.2) is 33.3 Å². The molecule has 0 N–H and O–H groups in total. The molecule has 2 aromatic carbocycles. The Labute approximate surface area is 281 Å². The molecule has 2 aliphatic carbocycles. The summed E-state index contributed by atoms with van der Waals surface area (Å²) >= 11 is 2.13. The van der Waals surface area contributed by atoms with E-state index in [1.165, 1.54) is 0 Å². The average Bonchev–Trinajstić information content (AvgIpc) is 3.75. The van der Waals surface area contributed by atoms with Gasteiger partial charge in [0.2, 0.25) is 21.7 Å². The van der Waals surface area contributed by atoms with E-state index in [4.69, 9.17) is 9.47 Å². The highest BCUT2D eigenvalue weighted by molar-refractivity contribution is 7.16. The summed E-state index contributed by atoms with van der Waals surface area (Å²) in [6, 6.07) is 25.1. The van der Waals surface area contributed by atoms with Gasteiger partial charge in [-0.15, -0.1) is 0 Å². The number of hydrogen-bond acceptors (Lipinski definition) is 14. The molecule has 2 aliphatic rings. The topological polar surface area (TPSA) is 198 Å². The lowest BCUT2D eigenvalue weighted by molar-refractivity contribution is -0.138. The maximum absolute atomic E-state index is 13.6. The van der Waals surface area contributed by atoms with Crippen molar-refractivity contribution in [2.75, 3.05) is 0 Å². The van der Waals surface area contributed by atoms with Gasteiger partial charge in [0.25, 0.3) is 0 Å². The Bertz CT molecular complexity index is 2050. The molecule has 4 aromatic rings. The van der Waals surface area contributed by atoms with Crippen molar-refractivity contribution in [3.63, 3.8) is 0 Å². The molecule has 48 heavy (non-hydrogen) atoms. The van der Waals surface area contributed by atoms with E-state index in [0.717, 1.165) is 33.8 Å². The lowest BCUT2D eigenvalue weighted by Crippen LogP contribution is -2.23. The van der Waals surface area contributed by atoms with Gasteiger partial charge >= 0.3 is 11.9 Å². The molecular formula is C34H18N8O4S2. The van der Waals surface area contributed by atoms with Gasteiger partial charge in [0.15, 0.2) is 0 Å². The summed E-state index contributed by atoms with van der Waals surface area (Å²) in [7, 11) is 0. The van der Waals surface area contributed by atoms with Crippen molar-refractivity contribution in [3.8, 4) is 24.3 Å². The highest BCUT2D eigenvalue weighted by atomic mass is 32.1. The number of carbonyl (C=O) groups is 2. The van der Waals surface area contributed by atoms with Crippen LogP contribution < -0.4 is 0 Å². The van der Waals surface area contributed by atoms with Crippen molar-refractivity contribution in [1.29, 1.82) is 21.0 Å². The minimum absolute atomic E-state index is 0.00429. The minimum atomic E-state index is -0.669. The first-order valence-electron chi connectivity index (χ1n) is 14.1. The number of aliphatic imine (C=N–C) groups is 2. The second-order valence-corrected chi connectivity index (χ2v) is 12.1. The van der Waals surface area contributed by atoms with Crippen molar-refractivity contribution < 1.29 is 19.1 Å². The molecule has 12 nitrogen and oxygen atoms in total. The molecule has 0 fully saturated rings. The van der Waals surface area contributed by atoms with Crippen molar-refractivity contribution in [2.45, 2.75) is 25.0 Å². The number of carbonyl (C=O) groups excluding carboxylic acids is 2. The number of aromatic nitrogens is 2. The third kappa shape index (κ3) is 6.39. The number of nitriles is 4. The van der Waals surface area contributed by atoms with E-state index in [-0.39, 0.29) is 46.0 Å². The maximum Gasteiger partial charge on any atom is 0.340 e. The van der Waals surface area contributed by atoms with Crippen LogP contribution >= 0.6 is 22.7 Å². The first kappa shape index (κ1) is 31.4. The van der Waals surface area contributed by atoms with Crippen LogP contribution in [0.25, 0.3) is 11.1 Å². The van der Waals surface area contributed by atoms with Crippen molar-refractivity contribution >= 4 is 67.4 Å². The Hall–Kier alpha value is -6.58. The molecule has 2 aromatic heterocycles. The SMILES string of the molecule is N#CC(C#N)=Nc1nc2c(s1)C1C=C(C(=O)OCc3ccccc3)c3nc(N=C(C#N)C#N)sc3C1C=C2C(=O)OCc1ccccc1. The first-order valence-corrected chi connectivity index (χ1v) is 15.7. The molecule has 0 radical (unpaired) electrons. The van der Waals surface area contributed by atoms with Gasteiger partial charge < -0.3 is 9.47 Å². The number of rotatable bonds is 8. The van der Waals surface area contributed by atoms with Crippen LogP contribution in [-0.2, 0) is 32.3 Å². The zero-order chi connectivity index (χ0) is 33.6. The van der Waals surface area contributed by atoms with E-state index in [9.17, 15) is 30.6 Å². The molecule has 2 atom stereocenters. The fourth-order valence-electron chi connectivity index (χ4n) is 5.05. The van der Waals surface area contributed by atoms with E-state index in [2.05, 4.69) is 20.0 Å². The molecule has 0 spiro atoms. The van der Waals surface area contributed by atoms with Crippen LogP contribution in [0.5, 0.6) is 0 Å². The molecule has 6 rings (SSSR count). The zero-order valence-electron chi connectivity index (χ0n) is 24.5. The Kier molecular flexibility index (Phi) is 9.04. The summed E-state index contributed by atoms with van der Waals surface area (Å²) in [6.07, 6.45) is 3.34. The molecule has 0 amide bonds. The van der Waals surface area contributed by atoms with E-state index in [0.29, 0.717) is 9.75 Å². The predicted octanol–water partition coefficient (Wildman–Crippen LogP) is 5.99. The number of hydrogen-bond donors (Lipinski definition) is 0. The maximum atomic E-state index is 13.6. The summed E-state index contributed by atoms with van der Waals surface area (Å²) in [6.45, 7) is -0.00858. The lowest BCUT2D eigenvalue weighted by Gasteiger charge is -2.30. The Morgan fingerprint density at radius 1 is 0.646 bits per heavy atom. The quantitative estimate of drug-likeness (QED) is 0.159. The third-order valence-electron chi connectivity index (χ3n) is 7.18. The Balaban J connectivity index is 1.46. The van der Waals surface area contributed by atoms with Crippen LogP contribution in [0, 0.1) is 45.3 Å². The van der Waals surface area contributed by atoms with E-state index in [1.807, 2.05) is 60.7 Å². The summed E-state index contributed by atoms with van der Waals surface area (Å²) < 4.78 is 11.3. The van der Waals surface area contributed by atoms with Crippen LogP contribution in [0.3, 0.4) is 0 Å². The van der Waals surface area contributed by atoms with Crippen molar-refractivity contribution in [1.82, 2.24) is 9.97 Å². The smallest absolute Gasteiger partial charge is 0.340 e. The third-order valence-corrected chi connectivity index (χ3v) is 9.28. The molecule has 2 heterocycles. The van der Waals surface area contributed by atoms with Gasteiger partial charge in [-0.05, 0) is 11.1 Å². The number of allylic oxidation sites excluding steroid dienone is 2. The summed E-state index contributed by atoms with van der Waals surface area (Å²) in [5.41, 5.74) is 1.43. The molecule has 2 unspecified atom stereocenters. The van der Waals surface area contributed by atoms with Crippen molar-refractivity contribution in [2.24, 2.45) is 9.98 Å². The number of thiazole rings is 2. The molecule has 0 aliphatic heterocycles. The van der Waals surface area contributed by atoms with E-state index in [1.54, 1.807) is 36.4 Å². The first-order chi connectivity index (χ1) is 23.4. The molecule has 0 bridgehead atoms. The zero-order valence-corrected chi connectivity index (χ0v) is 26.2. The van der Waals surface area contributed by atoms with E-state index >= 15 is 0 Å². The minimum Gasteiger partial charge on any atom is -0.457 e. The average molecular weight is 667 g/mol. The van der Waals surface area contributed by atoms with Gasteiger partial charge in [0.1, 0.15) is 37.5 Å². The Morgan fingerprint density at radius 2 is 1.02 bits per heavy atom. The molecule has 0 saturated carbocycles. The largest absolute Gasteiger partial charge is 0.457 e. The van der Waals surface area contributed by atoms with Gasteiger partial charge in [-0.1, -0.05) is 95.5 Å². The predicted molar refractivity (Wildman–Crippen MR) is 175 cm³/mol. The highest BCUT2D eigenvalue weighted by Crippen LogP contribution is 2.54. The van der Waals surface area contributed by atoms with Crippen molar-refractivity contribution in [3.05, 3.63) is 105 Å². The lowest BCUT2D eigenvalue weighted by atomic mass is 9.76. The van der Waals surface area contributed by atoms with Gasteiger partial charge in [0.05, 0.1) is 22.5 Å². The molecule has 0 saturated heterocycles. The summed E-state index contributed by atoms with van der Waals surface area (Å²) in [5.74, 6) is -2.49. The van der Waals surface area contributed by atoms with Crippen LogP contribution in [0.1, 0.15) is 44.1 Å². The van der Waals surface area contributed by atoms with Gasteiger partial charge in [-0.3, -0.25) is 0 Å². The van der Waals surface area contributed by atoms with Gasteiger partial charge in [-0.2, -0.15) is 31.0 Å². The van der Waals surface area contributed by atoms with E-state index < -0.39 is 35.2 Å². The number of fused-ring (bicyclic) bond motifs is 5. The second-order valence-electron chi connectivity index (χ2n) is 10.1. The summed E-state index contributed by atoms with van der Waals surface area (Å²) in [4.78, 5) is 45.5. The van der Waals surface area contributed by atoms with Gasteiger partial charge in [-0.25, -0.2) is 19.6 Å². The molecular weight excluding hydrogens is 649 g/mol.